The second kappa shape index (κ2) is 9.68. The highest BCUT2D eigenvalue weighted by molar-refractivity contribution is 7.90. The number of likely N-dealkylation sites (tertiary alicyclic amines) is 1. The van der Waals surface area contributed by atoms with Gasteiger partial charge in [-0.15, -0.1) is 0 Å². The van der Waals surface area contributed by atoms with E-state index < -0.39 is 21.5 Å². The van der Waals surface area contributed by atoms with E-state index in [2.05, 4.69) is 0 Å². The van der Waals surface area contributed by atoms with Crippen LogP contribution < -0.4 is 4.90 Å². The first kappa shape index (κ1) is 24.4. The lowest BCUT2D eigenvalue weighted by Crippen LogP contribution is -2.41. The van der Waals surface area contributed by atoms with Crippen molar-refractivity contribution in [2.45, 2.75) is 63.4 Å². The molecular weight excluding hydrogens is 432 g/mol. The summed E-state index contributed by atoms with van der Waals surface area (Å²) in [7, 11) is -3.27. The molecule has 0 aliphatic carbocycles. The Kier molecular flexibility index (Phi) is 7.37. The topological polar surface area (TPSA) is 93.2 Å². The summed E-state index contributed by atoms with van der Waals surface area (Å²) >= 11 is 0. The Morgan fingerprint density at radius 2 is 1.78 bits per heavy atom. The van der Waals surface area contributed by atoms with Gasteiger partial charge in [-0.1, -0.05) is 0 Å². The van der Waals surface area contributed by atoms with E-state index in [9.17, 15) is 18.0 Å². The van der Waals surface area contributed by atoms with Gasteiger partial charge in [0.15, 0.2) is 9.84 Å². The van der Waals surface area contributed by atoms with Crippen LogP contribution >= 0.6 is 0 Å². The summed E-state index contributed by atoms with van der Waals surface area (Å²) < 4.78 is 34.4. The number of carbonyl (C=O) groups excluding carboxylic acids is 2. The van der Waals surface area contributed by atoms with Crippen LogP contribution in [0.5, 0.6) is 0 Å². The molecule has 0 N–H and O–H groups in total. The summed E-state index contributed by atoms with van der Waals surface area (Å²) in [5.74, 6) is 0.509. The number of sulfone groups is 1. The number of benzene rings is 1. The zero-order valence-corrected chi connectivity index (χ0v) is 20.2. The quantitative estimate of drug-likeness (QED) is 0.609. The highest BCUT2D eigenvalue weighted by atomic mass is 32.2. The minimum absolute atomic E-state index is 0.251. The van der Waals surface area contributed by atoms with E-state index in [-0.39, 0.29) is 11.0 Å². The van der Waals surface area contributed by atoms with Crippen LogP contribution in [0.2, 0.25) is 0 Å². The summed E-state index contributed by atoms with van der Waals surface area (Å²) in [6.07, 6.45) is 4.72. The molecule has 2 aliphatic heterocycles. The van der Waals surface area contributed by atoms with E-state index in [0.29, 0.717) is 38.6 Å². The third-order valence-corrected chi connectivity index (χ3v) is 6.95. The Morgan fingerprint density at radius 3 is 2.41 bits per heavy atom. The molecule has 2 aliphatic rings. The van der Waals surface area contributed by atoms with Crippen molar-refractivity contribution in [3.05, 3.63) is 23.8 Å². The van der Waals surface area contributed by atoms with Crippen molar-refractivity contribution in [1.82, 2.24) is 4.90 Å². The molecule has 2 heterocycles. The Bertz CT molecular complexity index is 946. The van der Waals surface area contributed by atoms with E-state index in [0.717, 1.165) is 36.9 Å². The summed E-state index contributed by atoms with van der Waals surface area (Å²) in [6.45, 7) is 7.83. The van der Waals surface area contributed by atoms with Gasteiger partial charge in [0.05, 0.1) is 17.2 Å². The maximum atomic E-state index is 12.5. The van der Waals surface area contributed by atoms with Crippen molar-refractivity contribution < 1.29 is 27.5 Å². The molecule has 8 nitrogen and oxygen atoms in total. The second-order valence-electron chi connectivity index (χ2n) is 9.63. The number of nitrogens with zero attached hydrogens (tertiary/aromatic N) is 2. The van der Waals surface area contributed by atoms with E-state index in [1.54, 1.807) is 21.9 Å². The van der Waals surface area contributed by atoms with Gasteiger partial charge in [0.1, 0.15) is 5.60 Å². The third kappa shape index (κ3) is 6.37. The minimum Gasteiger partial charge on any atom is -0.449 e. The molecule has 0 spiro atoms. The lowest BCUT2D eigenvalue weighted by atomic mass is 9.92. The zero-order valence-electron chi connectivity index (χ0n) is 19.4. The minimum atomic E-state index is -3.27. The monoisotopic (exact) mass is 466 g/mol. The molecule has 0 atom stereocenters. The van der Waals surface area contributed by atoms with Gasteiger partial charge in [-0.05, 0) is 82.6 Å². The fourth-order valence-electron chi connectivity index (χ4n) is 4.14. The number of anilines is 1. The molecule has 9 heteroatoms. The molecule has 2 amide bonds. The number of hydrogen-bond acceptors (Lipinski definition) is 6. The predicted molar refractivity (Wildman–Crippen MR) is 122 cm³/mol. The van der Waals surface area contributed by atoms with Crippen LogP contribution in [0.15, 0.2) is 23.1 Å². The van der Waals surface area contributed by atoms with Crippen LogP contribution in [0.3, 0.4) is 0 Å². The van der Waals surface area contributed by atoms with Gasteiger partial charge in [0, 0.05) is 25.9 Å². The Balaban J connectivity index is 1.39. The van der Waals surface area contributed by atoms with Crippen molar-refractivity contribution in [3.8, 4) is 0 Å². The van der Waals surface area contributed by atoms with Crippen LogP contribution in [-0.2, 0) is 25.7 Å². The number of carbonyl (C=O) groups is 2. The summed E-state index contributed by atoms with van der Waals surface area (Å²) in [5.41, 5.74) is 1.09. The lowest BCUT2D eigenvalue weighted by Gasteiger charge is -2.33. The molecule has 0 unspecified atom stereocenters. The summed E-state index contributed by atoms with van der Waals surface area (Å²) in [5, 5.41) is 0. The first-order valence-corrected chi connectivity index (χ1v) is 13.1. The smallest absolute Gasteiger partial charge is 0.414 e. The van der Waals surface area contributed by atoms with E-state index in [4.69, 9.17) is 9.47 Å². The zero-order chi connectivity index (χ0) is 23.5. The highest BCUT2D eigenvalue weighted by Gasteiger charge is 2.28. The van der Waals surface area contributed by atoms with Crippen molar-refractivity contribution >= 4 is 27.7 Å². The van der Waals surface area contributed by atoms with Crippen molar-refractivity contribution in [3.63, 3.8) is 0 Å². The van der Waals surface area contributed by atoms with Crippen molar-refractivity contribution in [1.29, 1.82) is 0 Å². The molecule has 178 valence electrons. The second-order valence-corrected chi connectivity index (χ2v) is 11.6. The van der Waals surface area contributed by atoms with Crippen molar-refractivity contribution in [2.75, 3.05) is 37.4 Å². The maximum Gasteiger partial charge on any atom is 0.414 e. The first-order valence-electron chi connectivity index (χ1n) is 11.2. The van der Waals surface area contributed by atoms with Crippen LogP contribution in [0.1, 0.15) is 52.0 Å². The van der Waals surface area contributed by atoms with Crippen LogP contribution in [-0.4, -0.2) is 63.6 Å². The molecule has 1 saturated heterocycles. The largest absolute Gasteiger partial charge is 0.449 e. The normalized spacial score (nSPS) is 17.2. The number of hydrogen-bond donors (Lipinski definition) is 0. The number of fused-ring (bicyclic) bond motifs is 1. The Morgan fingerprint density at radius 1 is 1.09 bits per heavy atom. The predicted octanol–water partition coefficient (Wildman–Crippen LogP) is 4.02. The maximum absolute atomic E-state index is 12.5. The molecule has 0 radical (unpaired) electrons. The number of ether oxygens (including phenoxy) is 2. The Hall–Kier alpha value is -2.29. The average Bonchev–Trinajstić information content (AvgIpc) is 3.13. The van der Waals surface area contributed by atoms with Gasteiger partial charge in [0.25, 0.3) is 0 Å². The van der Waals surface area contributed by atoms with Crippen LogP contribution in [0.4, 0.5) is 15.3 Å². The molecule has 0 bridgehead atoms. The van der Waals surface area contributed by atoms with Crippen LogP contribution in [0.25, 0.3) is 0 Å². The molecule has 1 aromatic rings. The van der Waals surface area contributed by atoms with E-state index >= 15 is 0 Å². The molecule has 1 aromatic carbocycles. The Labute approximate surface area is 190 Å². The number of piperidine rings is 1. The van der Waals surface area contributed by atoms with Gasteiger partial charge in [-0.25, -0.2) is 18.0 Å². The fourth-order valence-corrected chi connectivity index (χ4v) is 4.81. The molecule has 0 aromatic heterocycles. The molecule has 1 fully saturated rings. The summed E-state index contributed by atoms with van der Waals surface area (Å²) in [4.78, 5) is 28.3. The van der Waals surface area contributed by atoms with Gasteiger partial charge in [-0.2, -0.15) is 0 Å². The number of amides is 2. The van der Waals surface area contributed by atoms with Crippen molar-refractivity contribution in [2.24, 2.45) is 5.92 Å². The SMILES string of the molecule is CC(C)(C)OC(=O)N1CCC(CCCOC(=O)N2CCc3cc(S(C)(=O)=O)ccc32)CC1. The number of rotatable bonds is 5. The standard InChI is InChI=1S/C23H34N2O6S/c1-23(2,3)31-21(26)24-12-9-17(10-13-24)6-5-15-30-22(27)25-14-11-18-16-19(32(4,28)29)7-8-20(18)25/h7-8,16-17H,5-6,9-15H2,1-4H3. The van der Waals surface area contributed by atoms with E-state index in [1.165, 1.54) is 12.3 Å². The first-order chi connectivity index (χ1) is 14.9. The summed E-state index contributed by atoms with van der Waals surface area (Å²) in [6, 6.07) is 4.85. The molecule has 0 saturated carbocycles. The molecule has 3 rings (SSSR count). The third-order valence-electron chi connectivity index (χ3n) is 5.84. The molecular formula is C23H34N2O6S. The van der Waals surface area contributed by atoms with E-state index in [1.807, 2.05) is 20.8 Å². The van der Waals surface area contributed by atoms with Crippen LogP contribution in [0, 0.1) is 5.92 Å². The highest BCUT2D eigenvalue weighted by Crippen LogP contribution is 2.31. The average molecular weight is 467 g/mol. The fraction of sp³-hybridized carbons (Fsp3) is 0.652. The molecule has 32 heavy (non-hydrogen) atoms. The van der Waals surface area contributed by atoms with Gasteiger partial charge in [-0.3, -0.25) is 4.90 Å². The lowest BCUT2D eigenvalue weighted by molar-refractivity contribution is 0.0178. The van der Waals surface area contributed by atoms with Gasteiger partial charge < -0.3 is 14.4 Å². The van der Waals surface area contributed by atoms with Gasteiger partial charge >= 0.3 is 12.2 Å². The van der Waals surface area contributed by atoms with Gasteiger partial charge in [0.2, 0.25) is 0 Å².